The minimum absolute atomic E-state index is 0.217. The van der Waals surface area contributed by atoms with E-state index in [1.807, 2.05) is 19.2 Å². The lowest BCUT2D eigenvalue weighted by Gasteiger charge is -2.13. The van der Waals surface area contributed by atoms with Gasteiger partial charge in [0.2, 0.25) is 0 Å². The van der Waals surface area contributed by atoms with Crippen molar-refractivity contribution in [1.82, 2.24) is 0 Å². The SMILES string of the molecule is CCCc1cc(OCC=C(Cl)Cl)cc(Br)c1NC. The molecule has 0 saturated heterocycles. The van der Waals surface area contributed by atoms with E-state index >= 15 is 0 Å². The van der Waals surface area contributed by atoms with Gasteiger partial charge >= 0.3 is 0 Å². The summed E-state index contributed by atoms with van der Waals surface area (Å²) in [7, 11) is 1.91. The van der Waals surface area contributed by atoms with Crippen molar-refractivity contribution < 1.29 is 4.74 Å². The van der Waals surface area contributed by atoms with Crippen LogP contribution in [0.4, 0.5) is 5.69 Å². The normalized spacial score (nSPS) is 10.1. The Morgan fingerprint density at radius 3 is 2.72 bits per heavy atom. The summed E-state index contributed by atoms with van der Waals surface area (Å²) in [4.78, 5) is 0. The zero-order chi connectivity index (χ0) is 13.5. The standard InChI is InChI=1S/C13H16BrCl2NO/c1-3-4-9-7-10(18-6-5-12(15)16)8-11(14)13(9)17-2/h5,7-8,17H,3-4,6H2,1-2H3. The molecule has 1 rings (SSSR count). The van der Waals surface area contributed by atoms with E-state index in [2.05, 4.69) is 28.2 Å². The topological polar surface area (TPSA) is 21.3 Å². The molecule has 0 atom stereocenters. The summed E-state index contributed by atoms with van der Waals surface area (Å²) in [5.41, 5.74) is 2.33. The van der Waals surface area contributed by atoms with Crippen LogP contribution >= 0.6 is 39.1 Å². The number of halogens is 3. The van der Waals surface area contributed by atoms with Gasteiger partial charge in [0.05, 0.1) is 5.69 Å². The highest BCUT2D eigenvalue weighted by Gasteiger charge is 2.08. The van der Waals surface area contributed by atoms with Crippen LogP contribution in [0.1, 0.15) is 18.9 Å². The third-order valence-corrected chi connectivity index (χ3v) is 3.34. The van der Waals surface area contributed by atoms with Gasteiger partial charge in [0.1, 0.15) is 16.8 Å². The minimum atomic E-state index is 0.217. The van der Waals surface area contributed by atoms with E-state index in [1.165, 1.54) is 5.56 Å². The zero-order valence-electron chi connectivity index (χ0n) is 10.4. The van der Waals surface area contributed by atoms with Crippen LogP contribution in [-0.2, 0) is 6.42 Å². The summed E-state index contributed by atoms with van der Waals surface area (Å²) in [6.45, 7) is 2.51. The van der Waals surface area contributed by atoms with Crippen LogP contribution in [0.15, 0.2) is 27.2 Å². The van der Waals surface area contributed by atoms with E-state index in [0.29, 0.717) is 6.61 Å². The van der Waals surface area contributed by atoms with Crippen molar-refractivity contribution in [3.63, 3.8) is 0 Å². The predicted octanol–water partition coefficient (Wildman–Crippen LogP) is 5.14. The zero-order valence-corrected chi connectivity index (χ0v) is 13.5. The van der Waals surface area contributed by atoms with Gasteiger partial charge in [-0.05, 0) is 46.1 Å². The maximum absolute atomic E-state index is 5.58. The summed E-state index contributed by atoms with van der Waals surface area (Å²) in [6.07, 6.45) is 3.69. The molecule has 5 heteroatoms. The van der Waals surface area contributed by atoms with E-state index in [1.54, 1.807) is 6.08 Å². The fourth-order valence-electron chi connectivity index (χ4n) is 1.67. The molecule has 18 heavy (non-hydrogen) atoms. The number of hydrogen-bond acceptors (Lipinski definition) is 2. The largest absolute Gasteiger partial charge is 0.489 e. The van der Waals surface area contributed by atoms with Crippen molar-refractivity contribution in [2.45, 2.75) is 19.8 Å². The van der Waals surface area contributed by atoms with Crippen LogP contribution in [0.2, 0.25) is 0 Å². The van der Waals surface area contributed by atoms with Gasteiger partial charge < -0.3 is 10.1 Å². The summed E-state index contributed by atoms with van der Waals surface area (Å²) in [6, 6.07) is 3.97. The lowest BCUT2D eigenvalue weighted by atomic mass is 10.1. The van der Waals surface area contributed by atoms with E-state index in [4.69, 9.17) is 27.9 Å². The highest BCUT2D eigenvalue weighted by Crippen LogP contribution is 2.32. The van der Waals surface area contributed by atoms with Gasteiger partial charge in [-0.15, -0.1) is 0 Å². The number of benzene rings is 1. The number of hydrogen-bond donors (Lipinski definition) is 1. The van der Waals surface area contributed by atoms with Crippen molar-refractivity contribution in [3.8, 4) is 5.75 Å². The number of nitrogens with one attached hydrogen (secondary N) is 1. The minimum Gasteiger partial charge on any atom is -0.489 e. The molecule has 0 radical (unpaired) electrons. The number of aryl methyl sites for hydroxylation is 1. The monoisotopic (exact) mass is 351 g/mol. The van der Waals surface area contributed by atoms with Crippen molar-refractivity contribution in [2.24, 2.45) is 0 Å². The molecular formula is C13H16BrCl2NO. The molecule has 0 aliphatic heterocycles. The second-order valence-corrected chi connectivity index (χ2v) is 5.61. The Hall–Kier alpha value is -0.380. The average Bonchev–Trinajstić information content (AvgIpc) is 2.28. The van der Waals surface area contributed by atoms with Gasteiger partial charge in [-0.25, -0.2) is 0 Å². The van der Waals surface area contributed by atoms with E-state index in [-0.39, 0.29) is 4.49 Å². The number of ether oxygens (including phenoxy) is 1. The Morgan fingerprint density at radius 1 is 1.44 bits per heavy atom. The molecule has 0 bridgehead atoms. The molecule has 1 aromatic carbocycles. The van der Waals surface area contributed by atoms with Gasteiger partial charge in [0.25, 0.3) is 0 Å². The Labute approximate surface area is 126 Å². The van der Waals surface area contributed by atoms with Gasteiger partial charge in [-0.1, -0.05) is 36.5 Å². The number of anilines is 1. The lowest BCUT2D eigenvalue weighted by Crippen LogP contribution is -2.00. The van der Waals surface area contributed by atoms with Gasteiger partial charge in [-0.3, -0.25) is 0 Å². The van der Waals surface area contributed by atoms with E-state index in [0.717, 1.165) is 28.8 Å². The highest BCUT2D eigenvalue weighted by atomic mass is 79.9. The predicted molar refractivity (Wildman–Crippen MR) is 83.0 cm³/mol. The van der Waals surface area contributed by atoms with Crippen LogP contribution in [0.3, 0.4) is 0 Å². The Morgan fingerprint density at radius 2 is 2.17 bits per heavy atom. The Bertz CT molecular complexity index is 431. The van der Waals surface area contributed by atoms with Crippen molar-refractivity contribution in [1.29, 1.82) is 0 Å². The molecule has 0 fully saturated rings. The molecule has 1 N–H and O–H groups in total. The van der Waals surface area contributed by atoms with Gasteiger partial charge in [0.15, 0.2) is 0 Å². The summed E-state index contributed by atoms with van der Waals surface area (Å²) in [5, 5.41) is 3.19. The molecule has 0 heterocycles. The molecule has 0 amide bonds. The van der Waals surface area contributed by atoms with E-state index < -0.39 is 0 Å². The van der Waals surface area contributed by atoms with Crippen LogP contribution < -0.4 is 10.1 Å². The van der Waals surface area contributed by atoms with Gasteiger partial charge in [0, 0.05) is 11.5 Å². The summed E-state index contributed by atoms with van der Waals surface area (Å²) < 4.78 is 6.79. The molecule has 0 unspecified atom stereocenters. The van der Waals surface area contributed by atoms with Crippen LogP contribution in [0, 0.1) is 0 Å². The fourth-order valence-corrected chi connectivity index (χ4v) is 2.47. The van der Waals surface area contributed by atoms with Crippen LogP contribution in [0.5, 0.6) is 5.75 Å². The maximum Gasteiger partial charge on any atom is 0.121 e. The molecule has 0 saturated carbocycles. The fraction of sp³-hybridized carbons (Fsp3) is 0.385. The van der Waals surface area contributed by atoms with Crippen molar-refractivity contribution >= 4 is 44.8 Å². The maximum atomic E-state index is 5.58. The quantitative estimate of drug-likeness (QED) is 0.765. The summed E-state index contributed by atoms with van der Waals surface area (Å²) in [5.74, 6) is 0.801. The summed E-state index contributed by atoms with van der Waals surface area (Å²) >= 11 is 14.6. The molecule has 1 aromatic rings. The molecule has 0 aliphatic rings. The third-order valence-electron chi connectivity index (χ3n) is 2.40. The first kappa shape index (κ1) is 15.7. The molecule has 0 aromatic heterocycles. The third kappa shape index (κ3) is 4.71. The average molecular weight is 353 g/mol. The van der Waals surface area contributed by atoms with Crippen LogP contribution in [0.25, 0.3) is 0 Å². The Kier molecular flexibility index (Phi) is 6.90. The molecular weight excluding hydrogens is 337 g/mol. The molecule has 100 valence electrons. The molecule has 2 nitrogen and oxygen atoms in total. The smallest absolute Gasteiger partial charge is 0.121 e. The second kappa shape index (κ2) is 7.93. The highest BCUT2D eigenvalue weighted by molar-refractivity contribution is 9.10. The van der Waals surface area contributed by atoms with Crippen LogP contribution in [-0.4, -0.2) is 13.7 Å². The first-order chi connectivity index (χ1) is 8.58. The Balaban J connectivity index is 2.90. The number of rotatable bonds is 6. The molecule has 0 aliphatic carbocycles. The lowest BCUT2D eigenvalue weighted by molar-refractivity contribution is 0.362. The molecule has 0 spiro atoms. The van der Waals surface area contributed by atoms with Crippen molar-refractivity contribution in [2.75, 3.05) is 19.0 Å². The first-order valence-electron chi connectivity index (χ1n) is 5.72. The van der Waals surface area contributed by atoms with Gasteiger partial charge in [-0.2, -0.15) is 0 Å². The second-order valence-electron chi connectivity index (χ2n) is 3.74. The van der Waals surface area contributed by atoms with E-state index in [9.17, 15) is 0 Å². The first-order valence-corrected chi connectivity index (χ1v) is 7.27. The van der Waals surface area contributed by atoms with Crippen molar-refractivity contribution in [3.05, 3.63) is 32.7 Å².